The van der Waals surface area contributed by atoms with Crippen molar-refractivity contribution in [2.45, 2.75) is 20.8 Å². The number of carboxylic acid groups (broad SMARTS) is 1. The molecule has 0 aliphatic heterocycles. The van der Waals surface area contributed by atoms with Crippen molar-refractivity contribution >= 4 is 12.0 Å². The van der Waals surface area contributed by atoms with Crippen molar-refractivity contribution in [3.05, 3.63) is 0 Å². The van der Waals surface area contributed by atoms with Crippen molar-refractivity contribution in [3.8, 4) is 0 Å². The molecule has 0 fully saturated rings. The SMILES string of the molecule is CCNC(=O)NCC(=O)O.CCNCC. The lowest BCUT2D eigenvalue weighted by Gasteiger charge is -2.00. The van der Waals surface area contributed by atoms with Gasteiger partial charge in [0.15, 0.2) is 0 Å². The van der Waals surface area contributed by atoms with Gasteiger partial charge in [0, 0.05) is 6.54 Å². The second-order valence-electron chi connectivity index (χ2n) is 2.56. The van der Waals surface area contributed by atoms with E-state index in [-0.39, 0.29) is 6.54 Å². The molecule has 0 heterocycles. The average molecular weight is 219 g/mol. The third-order valence-electron chi connectivity index (χ3n) is 1.24. The van der Waals surface area contributed by atoms with Crippen LogP contribution < -0.4 is 16.0 Å². The van der Waals surface area contributed by atoms with Crippen LogP contribution in [0.4, 0.5) is 4.79 Å². The van der Waals surface area contributed by atoms with Gasteiger partial charge in [0.2, 0.25) is 0 Å². The molecule has 0 unspecified atom stereocenters. The summed E-state index contributed by atoms with van der Waals surface area (Å²) in [5, 5.41) is 15.7. The topological polar surface area (TPSA) is 90.5 Å². The van der Waals surface area contributed by atoms with Crippen LogP contribution in [0.2, 0.25) is 0 Å². The van der Waals surface area contributed by atoms with Crippen LogP contribution >= 0.6 is 0 Å². The molecule has 6 heteroatoms. The molecule has 4 N–H and O–H groups in total. The first-order valence-electron chi connectivity index (χ1n) is 5.02. The fourth-order valence-corrected chi connectivity index (χ4v) is 0.629. The standard InChI is InChI=1S/C5H10N2O3.C4H11N/c1-2-6-5(10)7-3-4(8)9;1-3-5-4-2/h2-3H2,1H3,(H,8,9)(H2,6,7,10);5H,3-4H2,1-2H3. The van der Waals surface area contributed by atoms with Crippen LogP contribution in [0.5, 0.6) is 0 Å². The molecule has 0 aliphatic rings. The van der Waals surface area contributed by atoms with Gasteiger partial charge in [0.25, 0.3) is 0 Å². The number of carbonyl (C=O) groups excluding carboxylic acids is 1. The lowest BCUT2D eigenvalue weighted by molar-refractivity contribution is -0.135. The van der Waals surface area contributed by atoms with Crippen molar-refractivity contribution in [1.29, 1.82) is 0 Å². The molecule has 0 atom stereocenters. The van der Waals surface area contributed by atoms with E-state index in [0.29, 0.717) is 6.54 Å². The molecule has 0 saturated heterocycles. The fraction of sp³-hybridized carbons (Fsp3) is 0.778. The first kappa shape index (κ1) is 16.1. The summed E-state index contributed by atoms with van der Waals surface area (Å²) < 4.78 is 0. The zero-order valence-corrected chi connectivity index (χ0v) is 9.59. The number of amides is 2. The molecule has 0 aromatic rings. The molecule has 0 aliphatic carbocycles. The third-order valence-corrected chi connectivity index (χ3v) is 1.24. The first-order chi connectivity index (χ1) is 7.08. The molecular weight excluding hydrogens is 198 g/mol. The highest BCUT2D eigenvalue weighted by Crippen LogP contribution is 1.64. The lowest BCUT2D eigenvalue weighted by atomic mass is 10.6. The Morgan fingerprint density at radius 2 is 1.53 bits per heavy atom. The Hall–Kier alpha value is -1.30. The summed E-state index contributed by atoms with van der Waals surface area (Å²) >= 11 is 0. The molecule has 0 saturated carbocycles. The number of carbonyl (C=O) groups is 2. The number of hydrogen-bond donors (Lipinski definition) is 4. The molecule has 0 aromatic heterocycles. The van der Waals surface area contributed by atoms with Gasteiger partial charge in [-0.2, -0.15) is 0 Å². The maximum absolute atomic E-state index is 10.5. The van der Waals surface area contributed by atoms with Gasteiger partial charge in [0.05, 0.1) is 0 Å². The van der Waals surface area contributed by atoms with Gasteiger partial charge >= 0.3 is 12.0 Å². The van der Waals surface area contributed by atoms with E-state index in [1.54, 1.807) is 6.92 Å². The van der Waals surface area contributed by atoms with Crippen LogP contribution in [-0.4, -0.2) is 43.3 Å². The van der Waals surface area contributed by atoms with Crippen molar-refractivity contribution in [2.75, 3.05) is 26.2 Å². The normalized spacial score (nSPS) is 8.47. The number of carboxylic acids is 1. The van der Waals surface area contributed by atoms with Crippen LogP contribution in [0.3, 0.4) is 0 Å². The Bertz CT molecular complexity index is 172. The lowest BCUT2D eigenvalue weighted by Crippen LogP contribution is -2.38. The summed E-state index contributed by atoms with van der Waals surface area (Å²) in [6.45, 7) is 8.29. The highest BCUT2D eigenvalue weighted by molar-refractivity contribution is 5.79. The van der Waals surface area contributed by atoms with E-state index in [1.165, 1.54) is 0 Å². The van der Waals surface area contributed by atoms with Crippen LogP contribution in [0, 0.1) is 0 Å². The van der Waals surface area contributed by atoms with Gasteiger partial charge in [0.1, 0.15) is 6.54 Å². The van der Waals surface area contributed by atoms with E-state index >= 15 is 0 Å². The summed E-state index contributed by atoms with van der Waals surface area (Å²) in [6, 6.07) is -0.454. The van der Waals surface area contributed by atoms with E-state index in [2.05, 4.69) is 29.8 Å². The molecular formula is C9H21N3O3. The number of aliphatic carboxylic acids is 1. The third kappa shape index (κ3) is 19.2. The molecule has 0 aromatic carbocycles. The Morgan fingerprint density at radius 3 is 1.80 bits per heavy atom. The molecule has 0 bridgehead atoms. The largest absolute Gasteiger partial charge is 0.480 e. The molecule has 6 nitrogen and oxygen atoms in total. The Balaban J connectivity index is 0. The second-order valence-corrected chi connectivity index (χ2v) is 2.56. The predicted octanol–water partition coefficient (Wildman–Crippen LogP) is 0.00590. The summed E-state index contributed by atoms with van der Waals surface area (Å²) in [4.78, 5) is 20.3. The van der Waals surface area contributed by atoms with E-state index in [4.69, 9.17) is 5.11 Å². The van der Waals surface area contributed by atoms with E-state index in [9.17, 15) is 9.59 Å². The minimum atomic E-state index is -1.05. The predicted molar refractivity (Wildman–Crippen MR) is 58.9 cm³/mol. The highest BCUT2D eigenvalue weighted by Gasteiger charge is 1.99. The van der Waals surface area contributed by atoms with Crippen molar-refractivity contribution in [2.24, 2.45) is 0 Å². The van der Waals surface area contributed by atoms with Crippen LogP contribution in [0.1, 0.15) is 20.8 Å². The first-order valence-corrected chi connectivity index (χ1v) is 5.02. The zero-order valence-electron chi connectivity index (χ0n) is 9.59. The monoisotopic (exact) mass is 219 g/mol. The fourth-order valence-electron chi connectivity index (χ4n) is 0.629. The van der Waals surface area contributed by atoms with Gasteiger partial charge in [-0.25, -0.2) is 4.79 Å². The smallest absolute Gasteiger partial charge is 0.323 e. The van der Waals surface area contributed by atoms with E-state index in [1.807, 2.05) is 0 Å². The molecule has 2 amide bonds. The van der Waals surface area contributed by atoms with Crippen LogP contribution in [0.25, 0.3) is 0 Å². The summed E-state index contributed by atoms with van der Waals surface area (Å²) in [6.07, 6.45) is 0. The molecule has 15 heavy (non-hydrogen) atoms. The van der Waals surface area contributed by atoms with Gasteiger partial charge in [-0.3, -0.25) is 4.79 Å². The molecule has 0 spiro atoms. The molecule has 0 rings (SSSR count). The maximum atomic E-state index is 10.5. The second kappa shape index (κ2) is 12.7. The number of nitrogens with one attached hydrogen (secondary N) is 3. The Labute approximate surface area is 90.4 Å². The summed E-state index contributed by atoms with van der Waals surface area (Å²) in [5.74, 6) is -1.05. The van der Waals surface area contributed by atoms with Gasteiger partial charge in [-0.15, -0.1) is 0 Å². The van der Waals surface area contributed by atoms with Crippen molar-refractivity contribution in [3.63, 3.8) is 0 Å². The van der Waals surface area contributed by atoms with Gasteiger partial charge < -0.3 is 21.1 Å². The number of hydrogen-bond acceptors (Lipinski definition) is 3. The van der Waals surface area contributed by atoms with Crippen LogP contribution in [0.15, 0.2) is 0 Å². The quantitative estimate of drug-likeness (QED) is 0.524. The molecule has 0 radical (unpaired) electrons. The molecule has 90 valence electrons. The zero-order chi connectivity index (χ0) is 12.1. The van der Waals surface area contributed by atoms with Gasteiger partial charge in [-0.1, -0.05) is 13.8 Å². The van der Waals surface area contributed by atoms with Gasteiger partial charge in [-0.05, 0) is 20.0 Å². The van der Waals surface area contributed by atoms with Crippen molar-refractivity contribution in [1.82, 2.24) is 16.0 Å². The number of rotatable bonds is 5. The Kier molecular flexibility index (Phi) is 13.7. The minimum absolute atomic E-state index is 0.341. The van der Waals surface area contributed by atoms with Crippen LogP contribution in [-0.2, 0) is 4.79 Å². The van der Waals surface area contributed by atoms with E-state index < -0.39 is 12.0 Å². The van der Waals surface area contributed by atoms with Crippen molar-refractivity contribution < 1.29 is 14.7 Å². The van der Waals surface area contributed by atoms with E-state index in [0.717, 1.165) is 13.1 Å². The number of urea groups is 1. The maximum Gasteiger partial charge on any atom is 0.323 e. The average Bonchev–Trinajstić information content (AvgIpc) is 2.17. The Morgan fingerprint density at radius 1 is 1.00 bits per heavy atom. The summed E-state index contributed by atoms with van der Waals surface area (Å²) in [5.41, 5.74) is 0. The summed E-state index contributed by atoms with van der Waals surface area (Å²) in [7, 11) is 0. The highest BCUT2D eigenvalue weighted by atomic mass is 16.4. The minimum Gasteiger partial charge on any atom is -0.480 e.